The maximum atomic E-state index is 12.3. The molecule has 1 aliphatic rings. The highest BCUT2D eigenvalue weighted by atomic mass is 16.5. The number of nitrogens with zero attached hydrogens (tertiary/aromatic N) is 1. The minimum atomic E-state index is 0.208. The highest BCUT2D eigenvalue weighted by molar-refractivity contribution is 5.96. The van der Waals surface area contributed by atoms with Gasteiger partial charge in [0.15, 0.2) is 5.78 Å². The molecule has 2 aromatic rings. The molecule has 1 heterocycles. The number of rotatable bonds is 5. The Morgan fingerprint density at radius 1 is 1.00 bits per heavy atom. The Hall–Kier alpha value is -2.13. The van der Waals surface area contributed by atoms with Crippen molar-refractivity contribution in [2.45, 2.75) is 19.8 Å². The molecule has 0 atom stereocenters. The Kier molecular flexibility index (Phi) is 5.09. The molecule has 0 aliphatic carbocycles. The van der Waals surface area contributed by atoms with E-state index >= 15 is 0 Å². The maximum absolute atomic E-state index is 12.3. The van der Waals surface area contributed by atoms with E-state index in [2.05, 4.69) is 36.1 Å². The first-order valence-corrected chi connectivity index (χ1v) is 8.24. The SMILES string of the molecule is Cc1ccc(CCC(=O)c2ccc(N3CCOCC3)cc2)cc1. The van der Waals surface area contributed by atoms with Crippen LogP contribution >= 0.6 is 0 Å². The lowest BCUT2D eigenvalue weighted by atomic mass is 10.0. The molecule has 0 N–H and O–H groups in total. The summed E-state index contributed by atoms with van der Waals surface area (Å²) < 4.78 is 5.37. The van der Waals surface area contributed by atoms with E-state index in [1.54, 1.807) is 0 Å². The molecule has 0 saturated carbocycles. The third kappa shape index (κ3) is 4.20. The molecule has 1 aliphatic heterocycles. The molecule has 0 aromatic heterocycles. The highest BCUT2D eigenvalue weighted by Gasteiger charge is 2.12. The summed E-state index contributed by atoms with van der Waals surface area (Å²) in [5.41, 5.74) is 4.44. The Labute approximate surface area is 137 Å². The molecule has 120 valence electrons. The Balaban J connectivity index is 1.57. The highest BCUT2D eigenvalue weighted by Crippen LogP contribution is 2.18. The van der Waals surface area contributed by atoms with Gasteiger partial charge in [-0.15, -0.1) is 0 Å². The van der Waals surface area contributed by atoms with Crippen molar-refractivity contribution in [1.29, 1.82) is 0 Å². The number of ether oxygens (including phenoxy) is 1. The molecular formula is C20H23NO2. The smallest absolute Gasteiger partial charge is 0.163 e. The summed E-state index contributed by atoms with van der Waals surface area (Å²) in [6.45, 7) is 5.46. The second-order valence-electron chi connectivity index (χ2n) is 6.06. The zero-order valence-electron chi connectivity index (χ0n) is 13.6. The Morgan fingerprint density at radius 2 is 1.65 bits per heavy atom. The van der Waals surface area contributed by atoms with Crippen molar-refractivity contribution in [3.63, 3.8) is 0 Å². The quantitative estimate of drug-likeness (QED) is 0.790. The van der Waals surface area contributed by atoms with E-state index in [-0.39, 0.29) is 5.78 Å². The minimum Gasteiger partial charge on any atom is -0.378 e. The minimum absolute atomic E-state index is 0.208. The predicted molar refractivity (Wildman–Crippen MR) is 93.3 cm³/mol. The lowest BCUT2D eigenvalue weighted by molar-refractivity contribution is 0.0982. The second-order valence-corrected chi connectivity index (χ2v) is 6.06. The molecule has 3 nitrogen and oxygen atoms in total. The van der Waals surface area contributed by atoms with Gasteiger partial charge in [0.1, 0.15) is 0 Å². The first kappa shape index (κ1) is 15.8. The summed E-state index contributed by atoms with van der Waals surface area (Å²) >= 11 is 0. The fourth-order valence-electron chi connectivity index (χ4n) is 2.84. The third-order valence-electron chi connectivity index (χ3n) is 4.33. The molecule has 3 rings (SSSR count). The Morgan fingerprint density at radius 3 is 2.30 bits per heavy atom. The molecular weight excluding hydrogens is 286 g/mol. The average Bonchev–Trinajstić information content (AvgIpc) is 2.62. The monoisotopic (exact) mass is 309 g/mol. The number of anilines is 1. The molecule has 2 aromatic carbocycles. The van der Waals surface area contributed by atoms with Gasteiger partial charge in [0.25, 0.3) is 0 Å². The molecule has 0 spiro atoms. The van der Waals surface area contributed by atoms with Crippen LogP contribution in [0, 0.1) is 6.92 Å². The molecule has 1 saturated heterocycles. The topological polar surface area (TPSA) is 29.5 Å². The van der Waals surface area contributed by atoms with Crippen LogP contribution < -0.4 is 4.90 Å². The van der Waals surface area contributed by atoms with Gasteiger partial charge in [0.2, 0.25) is 0 Å². The number of carbonyl (C=O) groups excluding carboxylic acids is 1. The largest absolute Gasteiger partial charge is 0.378 e. The standard InChI is InChI=1S/C20H23NO2/c1-16-2-4-17(5-3-16)6-11-20(22)18-7-9-19(10-8-18)21-12-14-23-15-13-21/h2-5,7-10H,6,11-15H2,1H3. The second kappa shape index (κ2) is 7.42. The zero-order chi connectivity index (χ0) is 16.1. The lowest BCUT2D eigenvalue weighted by Crippen LogP contribution is -2.36. The van der Waals surface area contributed by atoms with Crippen LogP contribution in [0.25, 0.3) is 0 Å². The summed E-state index contributed by atoms with van der Waals surface area (Å²) in [5.74, 6) is 0.208. The first-order valence-electron chi connectivity index (χ1n) is 8.24. The summed E-state index contributed by atoms with van der Waals surface area (Å²) in [6, 6.07) is 16.4. The van der Waals surface area contributed by atoms with Crippen molar-refractivity contribution in [3.8, 4) is 0 Å². The van der Waals surface area contributed by atoms with E-state index in [1.165, 1.54) is 16.8 Å². The van der Waals surface area contributed by atoms with Gasteiger partial charge in [-0.3, -0.25) is 4.79 Å². The van der Waals surface area contributed by atoms with Crippen LogP contribution in [0.15, 0.2) is 48.5 Å². The van der Waals surface area contributed by atoms with Crippen molar-refractivity contribution >= 4 is 11.5 Å². The molecule has 0 bridgehead atoms. The maximum Gasteiger partial charge on any atom is 0.163 e. The van der Waals surface area contributed by atoms with Gasteiger partial charge < -0.3 is 9.64 Å². The lowest BCUT2D eigenvalue weighted by Gasteiger charge is -2.28. The molecule has 1 fully saturated rings. The third-order valence-corrected chi connectivity index (χ3v) is 4.33. The molecule has 0 radical (unpaired) electrons. The van der Waals surface area contributed by atoms with Crippen molar-refractivity contribution in [2.24, 2.45) is 0 Å². The number of aryl methyl sites for hydroxylation is 2. The van der Waals surface area contributed by atoms with Crippen LogP contribution in [-0.4, -0.2) is 32.1 Å². The van der Waals surface area contributed by atoms with Crippen molar-refractivity contribution in [3.05, 3.63) is 65.2 Å². The van der Waals surface area contributed by atoms with Crippen LogP contribution in [0.4, 0.5) is 5.69 Å². The normalized spacial score (nSPS) is 14.7. The van der Waals surface area contributed by atoms with Gasteiger partial charge in [-0.05, 0) is 43.2 Å². The predicted octanol–water partition coefficient (Wildman–Crippen LogP) is 3.65. The van der Waals surface area contributed by atoms with E-state index in [9.17, 15) is 4.79 Å². The van der Waals surface area contributed by atoms with Gasteiger partial charge >= 0.3 is 0 Å². The summed E-state index contributed by atoms with van der Waals surface area (Å²) in [6.07, 6.45) is 1.35. The van der Waals surface area contributed by atoms with E-state index < -0.39 is 0 Å². The summed E-state index contributed by atoms with van der Waals surface area (Å²) in [7, 11) is 0. The zero-order valence-corrected chi connectivity index (χ0v) is 13.6. The van der Waals surface area contributed by atoms with Crippen LogP contribution in [0.3, 0.4) is 0 Å². The van der Waals surface area contributed by atoms with E-state index in [1.807, 2.05) is 24.3 Å². The summed E-state index contributed by atoms with van der Waals surface area (Å²) in [4.78, 5) is 14.6. The van der Waals surface area contributed by atoms with Gasteiger partial charge in [-0.2, -0.15) is 0 Å². The fourth-order valence-corrected chi connectivity index (χ4v) is 2.84. The van der Waals surface area contributed by atoms with Crippen LogP contribution in [-0.2, 0) is 11.2 Å². The van der Waals surface area contributed by atoms with E-state index in [0.29, 0.717) is 6.42 Å². The first-order chi connectivity index (χ1) is 11.2. The molecule has 23 heavy (non-hydrogen) atoms. The van der Waals surface area contributed by atoms with E-state index in [0.717, 1.165) is 38.3 Å². The number of Topliss-reactive ketones (excluding diaryl/α,β-unsaturated/α-hetero) is 1. The van der Waals surface area contributed by atoms with Crippen molar-refractivity contribution in [2.75, 3.05) is 31.2 Å². The fraction of sp³-hybridized carbons (Fsp3) is 0.350. The average molecular weight is 309 g/mol. The van der Waals surface area contributed by atoms with Crippen LogP contribution in [0.2, 0.25) is 0 Å². The molecule has 0 unspecified atom stereocenters. The number of benzene rings is 2. The van der Waals surface area contributed by atoms with Crippen LogP contribution in [0.5, 0.6) is 0 Å². The van der Waals surface area contributed by atoms with Crippen LogP contribution in [0.1, 0.15) is 27.9 Å². The van der Waals surface area contributed by atoms with Gasteiger partial charge in [0, 0.05) is 30.8 Å². The van der Waals surface area contributed by atoms with Crippen molar-refractivity contribution in [1.82, 2.24) is 0 Å². The van der Waals surface area contributed by atoms with Crippen molar-refractivity contribution < 1.29 is 9.53 Å². The molecule has 0 amide bonds. The number of carbonyl (C=O) groups is 1. The number of morpholine rings is 1. The number of ketones is 1. The number of hydrogen-bond donors (Lipinski definition) is 0. The molecule has 3 heteroatoms. The summed E-state index contributed by atoms with van der Waals surface area (Å²) in [5, 5.41) is 0. The van der Waals surface area contributed by atoms with Gasteiger partial charge in [0.05, 0.1) is 13.2 Å². The number of hydrogen-bond acceptors (Lipinski definition) is 3. The van der Waals surface area contributed by atoms with E-state index in [4.69, 9.17) is 4.74 Å². The Bertz CT molecular complexity index is 640. The van der Waals surface area contributed by atoms with Gasteiger partial charge in [-0.25, -0.2) is 0 Å². The van der Waals surface area contributed by atoms with Gasteiger partial charge in [-0.1, -0.05) is 29.8 Å².